The van der Waals surface area contributed by atoms with Crippen LogP contribution in [0.3, 0.4) is 0 Å². The number of hydrogen-bond acceptors (Lipinski definition) is 2. The SMILES string of the molecule is COc1ccc(-n2c(C)c[nH]c2=S)c(C)c1. The summed E-state index contributed by atoms with van der Waals surface area (Å²) in [4.78, 5) is 3.04. The van der Waals surface area contributed by atoms with Gasteiger partial charge in [-0.05, 0) is 49.8 Å². The molecule has 0 atom stereocenters. The molecule has 1 heterocycles. The minimum Gasteiger partial charge on any atom is -0.497 e. The van der Waals surface area contributed by atoms with Crippen LogP contribution in [-0.4, -0.2) is 16.7 Å². The average Bonchev–Trinajstić information content (AvgIpc) is 2.59. The molecule has 3 nitrogen and oxygen atoms in total. The van der Waals surface area contributed by atoms with Crippen molar-refractivity contribution in [2.45, 2.75) is 13.8 Å². The van der Waals surface area contributed by atoms with Crippen molar-refractivity contribution in [3.8, 4) is 11.4 Å². The molecule has 0 aliphatic heterocycles. The van der Waals surface area contributed by atoms with E-state index >= 15 is 0 Å². The fourth-order valence-corrected chi connectivity index (χ4v) is 2.06. The molecule has 1 N–H and O–H groups in total. The molecule has 1 aromatic carbocycles. The fraction of sp³-hybridized carbons (Fsp3) is 0.250. The van der Waals surface area contributed by atoms with E-state index < -0.39 is 0 Å². The summed E-state index contributed by atoms with van der Waals surface area (Å²) in [5, 5.41) is 0. The van der Waals surface area contributed by atoms with Crippen LogP contribution in [0.25, 0.3) is 5.69 Å². The summed E-state index contributed by atoms with van der Waals surface area (Å²) >= 11 is 5.25. The highest BCUT2D eigenvalue weighted by molar-refractivity contribution is 7.71. The molecular weight excluding hydrogens is 220 g/mol. The highest BCUT2D eigenvalue weighted by Crippen LogP contribution is 2.21. The number of methoxy groups -OCH3 is 1. The van der Waals surface area contributed by atoms with E-state index in [1.807, 2.05) is 42.8 Å². The van der Waals surface area contributed by atoms with E-state index in [0.717, 1.165) is 22.7 Å². The molecule has 0 saturated heterocycles. The highest BCUT2D eigenvalue weighted by Gasteiger charge is 2.06. The van der Waals surface area contributed by atoms with Gasteiger partial charge in [-0.2, -0.15) is 0 Å². The largest absolute Gasteiger partial charge is 0.497 e. The van der Waals surface area contributed by atoms with Crippen molar-refractivity contribution in [2.24, 2.45) is 0 Å². The van der Waals surface area contributed by atoms with Gasteiger partial charge in [-0.3, -0.25) is 4.57 Å². The summed E-state index contributed by atoms with van der Waals surface area (Å²) in [5.74, 6) is 0.862. The van der Waals surface area contributed by atoms with E-state index in [4.69, 9.17) is 17.0 Å². The number of imidazole rings is 1. The third-order valence-corrected chi connectivity index (χ3v) is 2.91. The molecule has 84 valence electrons. The number of aromatic amines is 1. The molecule has 16 heavy (non-hydrogen) atoms. The number of ether oxygens (including phenoxy) is 1. The van der Waals surface area contributed by atoms with E-state index in [-0.39, 0.29) is 0 Å². The second kappa shape index (κ2) is 4.14. The quantitative estimate of drug-likeness (QED) is 0.809. The Kier molecular flexibility index (Phi) is 2.83. The van der Waals surface area contributed by atoms with Crippen molar-refractivity contribution in [3.63, 3.8) is 0 Å². The molecule has 0 fully saturated rings. The Hall–Kier alpha value is -1.55. The van der Waals surface area contributed by atoms with E-state index in [2.05, 4.69) is 4.98 Å². The van der Waals surface area contributed by atoms with Gasteiger partial charge >= 0.3 is 0 Å². The van der Waals surface area contributed by atoms with Crippen LogP contribution in [0.4, 0.5) is 0 Å². The zero-order valence-corrected chi connectivity index (χ0v) is 10.4. The molecule has 0 bridgehead atoms. The van der Waals surface area contributed by atoms with Gasteiger partial charge in [-0.15, -0.1) is 0 Å². The van der Waals surface area contributed by atoms with Gasteiger partial charge in [0.05, 0.1) is 12.8 Å². The molecule has 0 amide bonds. The Labute approximate surface area is 99.7 Å². The normalized spacial score (nSPS) is 10.4. The smallest absolute Gasteiger partial charge is 0.182 e. The predicted molar refractivity (Wildman–Crippen MR) is 67.0 cm³/mol. The summed E-state index contributed by atoms with van der Waals surface area (Å²) in [6, 6.07) is 5.96. The van der Waals surface area contributed by atoms with E-state index in [1.165, 1.54) is 0 Å². The molecule has 2 rings (SSSR count). The van der Waals surface area contributed by atoms with Crippen LogP contribution in [0, 0.1) is 18.6 Å². The topological polar surface area (TPSA) is 29.9 Å². The Morgan fingerprint density at radius 2 is 2.06 bits per heavy atom. The molecule has 0 aliphatic carbocycles. The lowest BCUT2D eigenvalue weighted by atomic mass is 10.2. The number of nitrogens with one attached hydrogen (secondary N) is 1. The van der Waals surface area contributed by atoms with Crippen LogP contribution in [0.2, 0.25) is 0 Å². The number of nitrogens with zero attached hydrogens (tertiary/aromatic N) is 1. The maximum atomic E-state index is 5.25. The Morgan fingerprint density at radius 3 is 2.56 bits per heavy atom. The number of rotatable bonds is 2. The summed E-state index contributed by atoms with van der Waals surface area (Å²) in [5.41, 5.74) is 3.32. The molecule has 0 aliphatic rings. The number of aromatic nitrogens is 2. The number of H-pyrrole nitrogens is 1. The van der Waals surface area contributed by atoms with Gasteiger partial charge in [0.25, 0.3) is 0 Å². The van der Waals surface area contributed by atoms with Crippen molar-refractivity contribution in [3.05, 3.63) is 40.4 Å². The van der Waals surface area contributed by atoms with Crippen LogP contribution in [0.5, 0.6) is 5.75 Å². The minimum atomic E-state index is 0.714. The Bertz CT molecular complexity index is 569. The summed E-state index contributed by atoms with van der Waals surface area (Å²) < 4.78 is 7.92. The van der Waals surface area contributed by atoms with Gasteiger partial charge in [0.15, 0.2) is 4.77 Å². The molecule has 2 aromatic rings. The Balaban J connectivity index is 2.61. The lowest BCUT2D eigenvalue weighted by Gasteiger charge is -2.10. The van der Waals surface area contributed by atoms with Gasteiger partial charge in [0.1, 0.15) is 5.75 Å². The summed E-state index contributed by atoms with van der Waals surface area (Å²) in [6.45, 7) is 4.07. The molecule has 0 unspecified atom stereocenters. The van der Waals surface area contributed by atoms with Crippen LogP contribution in [-0.2, 0) is 0 Å². The first-order chi connectivity index (χ1) is 7.63. The molecular formula is C12H14N2OS. The van der Waals surface area contributed by atoms with Gasteiger partial charge in [-0.1, -0.05) is 0 Å². The molecule has 4 heteroatoms. The van der Waals surface area contributed by atoms with Crippen molar-refractivity contribution in [1.29, 1.82) is 0 Å². The molecule has 0 spiro atoms. The van der Waals surface area contributed by atoms with E-state index in [0.29, 0.717) is 4.77 Å². The van der Waals surface area contributed by atoms with E-state index in [1.54, 1.807) is 7.11 Å². The lowest BCUT2D eigenvalue weighted by Crippen LogP contribution is -1.99. The van der Waals surface area contributed by atoms with Gasteiger partial charge < -0.3 is 9.72 Å². The van der Waals surface area contributed by atoms with E-state index in [9.17, 15) is 0 Å². The summed E-state index contributed by atoms with van der Waals surface area (Å²) in [7, 11) is 1.67. The first kappa shape index (κ1) is 11.0. The molecule has 0 saturated carbocycles. The monoisotopic (exact) mass is 234 g/mol. The van der Waals surface area contributed by atoms with Crippen LogP contribution < -0.4 is 4.74 Å². The average molecular weight is 234 g/mol. The lowest BCUT2D eigenvalue weighted by molar-refractivity contribution is 0.414. The third-order valence-electron chi connectivity index (χ3n) is 2.61. The second-order valence-electron chi connectivity index (χ2n) is 3.72. The predicted octanol–water partition coefficient (Wildman–Crippen LogP) is 3.16. The molecule has 1 aromatic heterocycles. The number of benzene rings is 1. The van der Waals surface area contributed by atoms with Gasteiger partial charge in [-0.25, -0.2) is 0 Å². The van der Waals surface area contributed by atoms with Crippen molar-refractivity contribution in [1.82, 2.24) is 9.55 Å². The van der Waals surface area contributed by atoms with Crippen LogP contribution in [0.1, 0.15) is 11.3 Å². The number of hydrogen-bond donors (Lipinski definition) is 1. The molecule has 0 radical (unpaired) electrons. The highest BCUT2D eigenvalue weighted by atomic mass is 32.1. The third kappa shape index (κ3) is 1.76. The fourth-order valence-electron chi connectivity index (χ4n) is 1.76. The zero-order valence-electron chi connectivity index (χ0n) is 9.57. The Morgan fingerprint density at radius 1 is 1.31 bits per heavy atom. The first-order valence-electron chi connectivity index (χ1n) is 5.05. The van der Waals surface area contributed by atoms with Gasteiger partial charge in [0, 0.05) is 11.9 Å². The van der Waals surface area contributed by atoms with Crippen LogP contribution >= 0.6 is 12.2 Å². The van der Waals surface area contributed by atoms with Crippen molar-refractivity contribution < 1.29 is 4.74 Å². The number of aryl methyl sites for hydroxylation is 2. The van der Waals surface area contributed by atoms with Crippen LogP contribution in [0.15, 0.2) is 24.4 Å². The van der Waals surface area contributed by atoms with Crippen molar-refractivity contribution >= 4 is 12.2 Å². The summed E-state index contributed by atoms with van der Waals surface area (Å²) in [6.07, 6.45) is 1.91. The van der Waals surface area contributed by atoms with Gasteiger partial charge in [0.2, 0.25) is 0 Å². The maximum Gasteiger partial charge on any atom is 0.182 e. The zero-order chi connectivity index (χ0) is 11.7. The second-order valence-corrected chi connectivity index (χ2v) is 4.11. The van der Waals surface area contributed by atoms with Crippen molar-refractivity contribution in [2.75, 3.05) is 7.11 Å². The maximum absolute atomic E-state index is 5.25. The first-order valence-corrected chi connectivity index (χ1v) is 5.46. The standard InChI is InChI=1S/C12H14N2OS/c1-8-6-10(15-3)4-5-11(8)14-9(2)7-13-12(14)16/h4-7H,1-3H3,(H,13,16). The minimum absolute atomic E-state index is 0.714.